The Morgan fingerprint density at radius 3 is 2.16 bits per heavy atom. The van der Waals surface area contributed by atoms with Crippen molar-refractivity contribution in [3.05, 3.63) is 60.2 Å². The first-order valence-corrected chi connectivity index (χ1v) is 11.1. The highest BCUT2D eigenvalue weighted by Gasteiger charge is 2.22. The number of hydrogen-bond acceptors (Lipinski definition) is 5. The Balaban J connectivity index is 1.56. The molecule has 31 heavy (non-hydrogen) atoms. The Morgan fingerprint density at radius 1 is 1.00 bits per heavy atom. The maximum absolute atomic E-state index is 12.0. The molecule has 0 radical (unpaired) electrons. The zero-order valence-electron chi connectivity index (χ0n) is 19.5. The lowest BCUT2D eigenvalue weighted by Crippen LogP contribution is -2.54. The van der Waals surface area contributed by atoms with E-state index < -0.39 is 11.7 Å². The molecule has 6 heteroatoms. The van der Waals surface area contributed by atoms with Crippen molar-refractivity contribution < 1.29 is 9.53 Å². The van der Waals surface area contributed by atoms with Gasteiger partial charge in [-0.3, -0.25) is 5.43 Å². The van der Waals surface area contributed by atoms with Gasteiger partial charge in [-0.2, -0.15) is 0 Å². The highest BCUT2D eigenvalue weighted by Crippen LogP contribution is 2.25. The largest absolute Gasteiger partial charge is 0.443 e. The Morgan fingerprint density at radius 2 is 1.61 bits per heavy atom. The maximum Gasteiger partial charge on any atom is 0.422 e. The van der Waals surface area contributed by atoms with Crippen LogP contribution in [0.5, 0.6) is 0 Å². The molecule has 6 nitrogen and oxygen atoms in total. The minimum Gasteiger partial charge on any atom is -0.443 e. The van der Waals surface area contributed by atoms with Crippen molar-refractivity contribution >= 4 is 17.5 Å². The van der Waals surface area contributed by atoms with Crippen LogP contribution in [0.3, 0.4) is 0 Å². The normalized spacial score (nSPS) is 15.1. The van der Waals surface area contributed by atoms with Gasteiger partial charge in [0.15, 0.2) is 0 Å². The maximum atomic E-state index is 12.0. The van der Waals surface area contributed by atoms with Gasteiger partial charge in [0.25, 0.3) is 0 Å². The fourth-order valence-corrected chi connectivity index (χ4v) is 3.71. The molecule has 168 valence electrons. The molecule has 0 saturated carbocycles. The van der Waals surface area contributed by atoms with Crippen molar-refractivity contribution in [2.75, 3.05) is 36.0 Å². The van der Waals surface area contributed by atoms with Crippen molar-refractivity contribution in [2.45, 2.75) is 52.8 Å². The van der Waals surface area contributed by atoms with E-state index in [0.717, 1.165) is 32.7 Å². The first kappa shape index (κ1) is 22.9. The van der Waals surface area contributed by atoms with Crippen LogP contribution in [-0.2, 0) is 11.3 Å². The fraction of sp³-hybridized carbons (Fsp3) is 0.480. The third kappa shape index (κ3) is 6.89. The second-order valence-electron chi connectivity index (χ2n) is 9.31. The van der Waals surface area contributed by atoms with Gasteiger partial charge < -0.3 is 14.5 Å². The van der Waals surface area contributed by atoms with E-state index in [4.69, 9.17) is 4.74 Å². The molecule has 1 saturated heterocycles. The van der Waals surface area contributed by atoms with E-state index in [2.05, 4.69) is 83.7 Å². The average Bonchev–Trinajstić information content (AvgIpc) is 2.72. The summed E-state index contributed by atoms with van der Waals surface area (Å²) >= 11 is 0. The third-order valence-corrected chi connectivity index (χ3v) is 5.29. The molecule has 2 aromatic carbocycles. The lowest BCUT2D eigenvalue weighted by Gasteiger charge is -2.36. The molecule has 0 unspecified atom stereocenters. The van der Waals surface area contributed by atoms with Crippen molar-refractivity contribution in [3.8, 4) is 0 Å². The SMILES string of the molecule is CC(C)N(Cc1ccccc1)c1ccc(N2CCN(NC(=O)OC(C)(C)C)CC2)cc1. The van der Waals surface area contributed by atoms with E-state index in [1.54, 1.807) is 0 Å². The van der Waals surface area contributed by atoms with Crippen LogP contribution in [0.25, 0.3) is 0 Å². The van der Waals surface area contributed by atoms with Crippen LogP contribution in [0.4, 0.5) is 16.2 Å². The number of amides is 1. The summed E-state index contributed by atoms with van der Waals surface area (Å²) in [6.07, 6.45) is -0.391. The first-order chi connectivity index (χ1) is 14.7. The van der Waals surface area contributed by atoms with E-state index in [1.165, 1.54) is 16.9 Å². The summed E-state index contributed by atoms with van der Waals surface area (Å²) < 4.78 is 5.34. The van der Waals surface area contributed by atoms with Gasteiger partial charge in [-0.05, 0) is 64.4 Å². The standard InChI is InChI=1S/C25H36N4O2/c1-20(2)29(19-21-9-7-6-8-10-21)23-13-11-22(12-14-23)27-15-17-28(18-16-27)26-24(30)31-25(3,4)5/h6-14,20H,15-19H2,1-5H3,(H,26,30). The molecule has 1 aliphatic heterocycles. The summed E-state index contributed by atoms with van der Waals surface area (Å²) in [5, 5.41) is 1.93. The first-order valence-electron chi connectivity index (χ1n) is 11.1. The van der Waals surface area contributed by atoms with Crippen LogP contribution in [-0.4, -0.2) is 48.9 Å². The molecule has 1 N–H and O–H groups in total. The predicted octanol–water partition coefficient (Wildman–Crippen LogP) is 4.66. The number of ether oxygens (including phenoxy) is 1. The Labute approximate surface area is 186 Å². The molecule has 2 aromatic rings. The highest BCUT2D eigenvalue weighted by molar-refractivity contribution is 5.67. The summed E-state index contributed by atoms with van der Waals surface area (Å²) in [6.45, 7) is 14.2. The molecular formula is C25H36N4O2. The second kappa shape index (κ2) is 10.1. The van der Waals surface area contributed by atoms with Gasteiger partial charge in [0.2, 0.25) is 0 Å². The number of hydrazine groups is 1. The van der Waals surface area contributed by atoms with E-state index >= 15 is 0 Å². The molecule has 3 rings (SSSR count). The van der Waals surface area contributed by atoms with Crippen molar-refractivity contribution in [2.24, 2.45) is 0 Å². The van der Waals surface area contributed by atoms with Crippen LogP contribution in [0, 0.1) is 0 Å². The summed E-state index contributed by atoms with van der Waals surface area (Å²) in [5.41, 5.74) is 6.11. The van der Waals surface area contributed by atoms with E-state index in [0.29, 0.717) is 6.04 Å². The van der Waals surface area contributed by atoms with Gasteiger partial charge in [0, 0.05) is 50.1 Å². The number of carbonyl (C=O) groups is 1. The third-order valence-electron chi connectivity index (χ3n) is 5.29. The highest BCUT2D eigenvalue weighted by atomic mass is 16.6. The average molecular weight is 425 g/mol. The number of anilines is 2. The summed E-state index contributed by atoms with van der Waals surface area (Å²) in [4.78, 5) is 16.7. The number of nitrogens with zero attached hydrogens (tertiary/aromatic N) is 3. The van der Waals surface area contributed by atoms with Gasteiger partial charge in [-0.15, -0.1) is 0 Å². The zero-order valence-corrected chi connectivity index (χ0v) is 19.5. The van der Waals surface area contributed by atoms with Crippen molar-refractivity contribution in [1.29, 1.82) is 0 Å². The molecule has 0 spiro atoms. The monoisotopic (exact) mass is 424 g/mol. The second-order valence-corrected chi connectivity index (χ2v) is 9.31. The summed E-state index contributed by atoms with van der Waals surface area (Å²) in [5.74, 6) is 0. The van der Waals surface area contributed by atoms with E-state index in [1.807, 2.05) is 25.8 Å². The van der Waals surface area contributed by atoms with Crippen LogP contribution < -0.4 is 15.2 Å². The summed E-state index contributed by atoms with van der Waals surface area (Å²) in [6, 6.07) is 19.8. The molecule has 0 aliphatic carbocycles. The lowest BCUT2D eigenvalue weighted by molar-refractivity contribution is 0.0320. The fourth-order valence-electron chi connectivity index (χ4n) is 3.71. The molecule has 0 aromatic heterocycles. The number of carbonyl (C=O) groups excluding carboxylic acids is 1. The van der Waals surface area contributed by atoms with Gasteiger partial charge in [0.1, 0.15) is 5.60 Å². The van der Waals surface area contributed by atoms with Crippen molar-refractivity contribution in [3.63, 3.8) is 0 Å². The van der Waals surface area contributed by atoms with Gasteiger partial charge >= 0.3 is 6.09 Å². The number of rotatable bonds is 6. The van der Waals surface area contributed by atoms with Gasteiger partial charge in [-0.1, -0.05) is 30.3 Å². The molecule has 1 amide bonds. The number of hydrogen-bond donors (Lipinski definition) is 1. The van der Waals surface area contributed by atoms with Crippen LogP contribution in [0.1, 0.15) is 40.2 Å². The van der Waals surface area contributed by atoms with Crippen molar-refractivity contribution in [1.82, 2.24) is 10.4 Å². The lowest BCUT2D eigenvalue weighted by atomic mass is 10.1. The Bertz CT molecular complexity index is 823. The Kier molecular flexibility index (Phi) is 7.44. The topological polar surface area (TPSA) is 48.0 Å². The van der Waals surface area contributed by atoms with E-state index in [-0.39, 0.29) is 0 Å². The number of nitrogens with one attached hydrogen (secondary N) is 1. The number of piperazine rings is 1. The zero-order chi connectivity index (χ0) is 22.4. The molecule has 0 atom stereocenters. The minimum absolute atomic E-state index is 0.391. The molecule has 1 heterocycles. The van der Waals surface area contributed by atoms with Crippen LogP contribution in [0.15, 0.2) is 54.6 Å². The van der Waals surface area contributed by atoms with Crippen LogP contribution >= 0.6 is 0 Å². The molecule has 1 aliphatic rings. The smallest absolute Gasteiger partial charge is 0.422 e. The molecular weight excluding hydrogens is 388 g/mol. The van der Waals surface area contributed by atoms with E-state index in [9.17, 15) is 4.79 Å². The predicted molar refractivity (Wildman–Crippen MR) is 127 cm³/mol. The molecule has 0 bridgehead atoms. The molecule has 1 fully saturated rings. The Hall–Kier alpha value is -2.73. The number of benzene rings is 2. The summed E-state index contributed by atoms with van der Waals surface area (Å²) in [7, 11) is 0. The minimum atomic E-state index is -0.488. The van der Waals surface area contributed by atoms with Crippen LogP contribution in [0.2, 0.25) is 0 Å². The van der Waals surface area contributed by atoms with Gasteiger partial charge in [-0.25, -0.2) is 9.80 Å². The quantitative estimate of drug-likeness (QED) is 0.731. The van der Waals surface area contributed by atoms with Gasteiger partial charge in [0.05, 0.1) is 0 Å².